The first kappa shape index (κ1) is 23.6. The van der Waals surface area contributed by atoms with Gasteiger partial charge in [0.1, 0.15) is 0 Å². The Kier molecular flexibility index (Phi) is 7.29. The zero-order valence-electron chi connectivity index (χ0n) is 18.9. The van der Waals surface area contributed by atoms with Crippen LogP contribution in [0.4, 0.5) is 5.13 Å². The van der Waals surface area contributed by atoms with Gasteiger partial charge in [0.05, 0.1) is 23.4 Å². The second-order valence-electron chi connectivity index (χ2n) is 8.29. The number of nitrogens with zero attached hydrogens (tertiary/aromatic N) is 3. The largest absolute Gasteiger partial charge is 0.379 e. The molecular formula is C26H28ClN3O2S. The van der Waals surface area contributed by atoms with Gasteiger partial charge in [-0.15, -0.1) is 12.4 Å². The Bertz CT molecular complexity index is 1280. The zero-order valence-corrected chi connectivity index (χ0v) is 20.5. The lowest BCUT2D eigenvalue weighted by atomic mass is 10.0. The molecule has 0 spiro atoms. The summed E-state index contributed by atoms with van der Waals surface area (Å²) >= 11 is 1.59. The molecule has 33 heavy (non-hydrogen) atoms. The number of benzene rings is 3. The summed E-state index contributed by atoms with van der Waals surface area (Å²) in [6.07, 6.45) is 0. The summed E-state index contributed by atoms with van der Waals surface area (Å²) in [4.78, 5) is 23.1. The van der Waals surface area contributed by atoms with Crippen molar-refractivity contribution in [2.45, 2.75) is 13.8 Å². The average Bonchev–Trinajstić information content (AvgIpc) is 3.26. The molecule has 0 atom stereocenters. The third-order valence-corrected chi connectivity index (χ3v) is 7.36. The van der Waals surface area contributed by atoms with E-state index < -0.39 is 0 Å². The Morgan fingerprint density at radius 3 is 2.64 bits per heavy atom. The molecule has 0 unspecified atom stereocenters. The summed E-state index contributed by atoms with van der Waals surface area (Å²) in [7, 11) is 0. The number of aryl methyl sites for hydroxylation is 2. The molecule has 0 N–H and O–H groups in total. The number of thiazole rings is 1. The van der Waals surface area contributed by atoms with Crippen LogP contribution in [0.15, 0.2) is 54.6 Å². The molecule has 0 aliphatic carbocycles. The maximum absolute atomic E-state index is 13.9. The van der Waals surface area contributed by atoms with E-state index >= 15 is 0 Å². The number of aromatic nitrogens is 1. The molecule has 4 aromatic rings. The summed E-state index contributed by atoms with van der Waals surface area (Å²) in [6.45, 7) is 8.89. The van der Waals surface area contributed by atoms with Gasteiger partial charge < -0.3 is 4.74 Å². The molecule has 1 aliphatic heterocycles. The van der Waals surface area contributed by atoms with Crippen molar-refractivity contribution in [3.8, 4) is 0 Å². The fourth-order valence-corrected chi connectivity index (χ4v) is 5.29. The number of anilines is 1. The third-order valence-electron chi connectivity index (χ3n) is 6.31. The van der Waals surface area contributed by atoms with E-state index in [4.69, 9.17) is 9.72 Å². The molecule has 0 bridgehead atoms. The molecule has 0 saturated carbocycles. The molecule has 0 radical (unpaired) electrons. The molecular weight excluding hydrogens is 454 g/mol. The van der Waals surface area contributed by atoms with Gasteiger partial charge in [-0.2, -0.15) is 0 Å². The van der Waals surface area contributed by atoms with E-state index in [0.717, 1.165) is 64.5 Å². The molecule has 1 aromatic heterocycles. The van der Waals surface area contributed by atoms with Crippen molar-refractivity contribution < 1.29 is 9.53 Å². The summed E-state index contributed by atoms with van der Waals surface area (Å²) in [5.41, 5.74) is 4.11. The van der Waals surface area contributed by atoms with Crippen molar-refractivity contribution in [3.63, 3.8) is 0 Å². The molecule has 5 nitrogen and oxygen atoms in total. The summed E-state index contributed by atoms with van der Waals surface area (Å²) in [5.74, 6) is 0.00323. The van der Waals surface area contributed by atoms with Crippen molar-refractivity contribution in [1.82, 2.24) is 9.88 Å². The van der Waals surface area contributed by atoms with Gasteiger partial charge in [0.2, 0.25) is 0 Å². The molecule has 1 fully saturated rings. The highest BCUT2D eigenvalue weighted by Gasteiger charge is 2.24. The van der Waals surface area contributed by atoms with Gasteiger partial charge in [-0.05, 0) is 47.9 Å². The number of hydrogen-bond donors (Lipinski definition) is 0. The Morgan fingerprint density at radius 2 is 1.82 bits per heavy atom. The smallest absolute Gasteiger partial charge is 0.260 e. The fraction of sp³-hybridized carbons (Fsp3) is 0.308. The van der Waals surface area contributed by atoms with E-state index in [0.29, 0.717) is 6.54 Å². The van der Waals surface area contributed by atoms with Gasteiger partial charge in [-0.25, -0.2) is 4.98 Å². The zero-order chi connectivity index (χ0) is 22.1. The first-order valence-electron chi connectivity index (χ1n) is 11.1. The lowest BCUT2D eigenvalue weighted by Gasteiger charge is -2.29. The topological polar surface area (TPSA) is 45.7 Å². The highest BCUT2D eigenvalue weighted by atomic mass is 35.5. The summed E-state index contributed by atoms with van der Waals surface area (Å²) in [5, 5.41) is 2.81. The van der Waals surface area contributed by atoms with Crippen molar-refractivity contribution in [1.29, 1.82) is 0 Å². The van der Waals surface area contributed by atoms with Crippen LogP contribution in [0.2, 0.25) is 0 Å². The monoisotopic (exact) mass is 481 g/mol. The predicted molar refractivity (Wildman–Crippen MR) is 139 cm³/mol. The average molecular weight is 482 g/mol. The van der Waals surface area contributed by atoms with Crippen LogP contribution in [0.3, 0.4) is 0 Å². The standard InChI is InChI=1S/C26H27N3O2S.ClH/c1-18-10-11-23-24(19(18)2)27-26(32-23)29(13-12-28-14-16-31-17-15-28)25(30)22-9-5-7-20-6-3-4-8-21(20)22;/h3-11H,12-17H2,1-2H3;1H. The molecule has 1 amide bonds. The molecule has 5 rings (SSSR count). The second kappa shape index (κ2) is 10.2. The molecule has 1 saturated heterocycles. The second-order valence-corrected chi connectivity index (χ2v) is 9.30. The maximum atomic E-state index is 13.9. The normalized spacial score (nSPS) is 14.4. The summed E-state index contributed by atoms with van der Waals surface area (Å²) in [6, 6.07) is 18.2. The van der Waals surface area contributed by atoms with Crippen LogP contribution in [0, 0.1) is 13.8 Å². The van der Waals surface area contributed by atoms with Crippen LogP contribution in [0.25, 0.3) is 21.0 Å². The first-order valence-corrected chi connectivity index (χ1v) is 11.9. The minimum atomic E-state index is 0. The van der Waals surface area contributed by atoms with Crippen molar-refractivity contribution in [2.24, 2.45) is 0 Å². The number of ether oxygens (including phenoxy) is 1. The van der Waals surface area contributed by atoms with Crippen molar-refractivity contribution in [2.75, 3.05) is 44.3 Å². The number of morpholine rings is 1. The quantitative estimate of drug-likeness (QED) is 0.379. The number of hydrogen-bond acceptors (Lipinski definition) is 5. The van der Waals surface area contributed by atoms with Crippen LogP contribution in [0.5, 0.6) is 0 Å². The Hall–Kier alpha value is -2.51. The number of fused-ring (bicyclic) bond motifs is 2. The molecule has 7 heteroatoms. The van der Waals surface area contributed by atoms with Gasteiger partial charge in [0, 0.05) is 31.7 Å². The Labute approximate surface area is 204 Å². The SMILES string of the molecule is Cc1ccc2sc(N(CCN3CCOCC3)C(=O)c3cccc4ccccc34)nc2c1C.Cl. The Balaban J connectivity index is 0.00000259. The van der Waals surface area contributed by atoms with E-state index in [-0.39, 0.29) is 18.3 Å². The molecule has 2 heterocycles. The van der Waals surface area contributed by atoms with E-state index in [1.807, 2.05) is 47.4 Å². The molecule has 172 valence electrons. The highest BCUT2D eigenvalue weighted by Crippen LogP contribution is 2.33. The minimum absolute atomic E-state index is 0. The number of amides is 1. The van der Waals surface area contributed by atoms with Crippen LogP contribution in [-0.4, -0.2) is 55.2 Å². The Morgan fingerprint density at radius 1 is 1.06 bits per heavy atom. The minimum Gasteiger partial charge on any atom is -0.379 e. The van der Waals surface area contributed by atoms with Crippen LogP contribution >= 0.6 is 23.7 Å². The van der Waals surface area contributed by atoms with E-state index in [1.165, 1.54) is 11.1 Å². The van der Waals surface area contributed by atoms with Gasteiger partial charge in [0.15, 0.2) is 5.13 Å². The number of carbonyl (C=O) groups is 1. The van der Waals surface area contributed by atoms with E-state index in [1.54, 1.807) is 11.3 Å². The highest BCUT2D eigenvalue weighted by molar-refractivity contribution is 7.22. The lowest BCUT2D eigenvalue weighted by Crippen LogP contribution is -2.43. The van der Waals surface area contributed by atoms with Gasteiger partial charge in [-0.1, -0.05) is 53.8 Å². The van der Waals surface area contributed by atoms with E-state index in [2.05, 4.69) is 30.9 Å². The third kappa shape index (κ3) is 4.75. The first-order chi connectivity index (χ1) is 15.6. The number of carbonyl (C=O) groups excluding carboxylic acids is 1. The van der Waals surface area contributed by atoms with Gasteiger partial charge >= 0.3 is 0 Å². The number of halogens is 1. The van der Waals surface area contributed by atoms with Crippen LogP contribution < -0.4 is 4.90 Å². The maximum Gasteiger partial charge on any atom is 0.260 e. The lowest BCUT2D eigenvalue weighted by molar-refractivity contribution is 0.0391. The molecule has 1 aliphatic rings. The van der Waals surface area contributed by atoms with Crippen LogP contribution in [0.1, 0.15) is 21.5 Å². The van der Waals surface area contributed by atoms with Gasteiger partial charge in [0.25, 0.3) is 5.91 Å². The van der Waals surface area contributed by atoms with Gasteiger partial charge in [-0.3, -0.25) is 14.6 Å². The predicted octanol–water partition coefficient (Wildman–Crippen LogP) is 5.47. The molecule has 3 aromatic carbocycles. The van der Waals surface area contributed by atoms with Crippen molar-refractivity contribution >= 4 is 55.8 Å². The fourth-order valence-electron chi connectivity index (χ4n) is 4.24. The summed E-state index contributed by atoms with van der Waals surface area (Å²) < 4.78 is 6.60. The van der Waals surface area contributed by atoms with Crippen molar-refractivity contribution in [3.05, 3.63) is 71.3 Å². The number of rotatable bonds is 5. The van der Waals surface area contributed by atoms with Crippen LogP contribution in [-0.2, 0) is 4.74 Å². The van der Waals surface area contributed by atoms with E-state index in [9.17, 15) is 4.79 Å².